The Kier molecular flexibility index (Phi) is 4.59. The maximum atomic E-state index is 13.4. The Labute approximate surface area is 184 Å². The Morgan fingerprint density at radius 2 is 1.97 bits per heavy atom. The molecular weight excluding hydrogens is 443 g/mol. The van der Waals surface area contributed by atoms with Gasteiger partial charge in [0.2, 0.25) is 0 Å². The minimum Gasteiger partial charge on any atom is -0.330 e. The first-order chi connectivity index (χ1) is 15.2. The molecule has 5 heterocycles. The van der Waals surface area contributed by atoms with Crippen molar-refractivity contribution in [1.29, 1.82) is 0 Å². The quantitative estimate of drug-likeness (QED) is 0.456. The molecular formula is C20H18F3N7OS. The average molecular weight is 461 g/mol. The average Bonchev–Trinajstić information content (AvgIpc) is 3.44. The van der Waals surface area contributed by atoms with Gasteiger partial charge in [-0.15, -0.1) is 11.3 Å². The van der Waals surface area contributed by atoms with Gasteiger partial charge in [-0.05, 0) is 25.5 Å². The first-order valence-electron chi connectivity index (χ1n) is 9.83. The molecule has 166 valence electrons. The van der Waals surface area contributed by atoms with Gasteiger partial charge < -0.3 is 4.90 Å². The van der Waals surface area contributed by atoms with E-state index in [2.05, 4.69) is 20.2 Å². The number of carbonyl (C=O) groups excluding carboxylic acids is 1. The standard InChI is InChI=1S/C20H18F3N7OS/c1-10-15-11(16(29(3)27-15)13-8-14(20(21,22)23)26-28(13)2)5-7-30(10)19(31)12-4-6-24-18-17(12)32-9-25-18/h4,6,8-10H,5,7H2,1-3H3/t10-/m0/s1. The first kappa shape index (κ1) is 20.6. The van der Waals surface area contributed by atoms with Crippen LogP contribution in [-0.2, 0) is 26.7 Å². The van der Waals surface area contributed by atoms with Gasteiger partial charge in [-0.1, -0.05) is 0 Å². The Hall–Kier alpha value is -3.28. The Bertz CT molecular complexity index is 1350. The van der Waals surface area contributed by atoms with Crippen LogP contribution in [-0.4, -0.2) is 46.9 Å². The van der Waals surface area contributed by atoms with Crippen molar-refractivity contribution in [3.63, 3.8) is 0 Å². The van der Waals surface area contributed by atoms with E-state index < -0.39 is 11.9 Å². The van der Waals surface area contributed by atoms with Crippen LogP contribution in [0.2, 0.25) is 0 Å². The van der Waals surface area contributed by atoms with Crippen LogP contribution in [0, 0.1) is 0 Å². The lowest BCUT2D eigenvalue weighted by Crippen LogP contribution is -2.39. The highest BCUT2D eigenvalue weighted by atomic mass is 32.1. The lowest BCUT2D eigenvalue weighted by molar-refractivity contribution is -0.141. The van der Waals surface area contributed by atoms with Gasteiger partial charge >= 0.3 is 6.18 Å². The van der Waals surface area contributed by atoms with Crippen molar-refractivity contribution >= 4 is 27.6 Å². The first-order valence-corrected chi connectivity index (χ1v) is 10.7. The summed E-state index contributed by atoms with van der Waals surface area (Å²) in [5, 5.41) is 8.21. The SMILES string of the molecule is C[C@H]1c2nn(C)c(-c3cc(C(F)(F)F)nn3C)c2CCN1C(=O)c1ccnc2ncsc12. The number of carbonyl (C=O) groups is 1. The molecule has 12 heteroatoms. The van der Waals surface area contributed by atoms with Gasteiger partial charge in [0.05, 0.1) is 38.9 Å². The second-order valence-corrected chi connectivity index (χ2v) is 8.52. The zero-order chi connectivity index (χ0) is 22.8. The zero-order valence-electron chi connectivity index (χ0n) is 17.4. The molecule has 0 unspecified atom stereocenters. The fourth-order valence-electron chi connectivity index (χ4n) is 4.27. The molecule has 4 aromatic heterocycles. The lowest BCUT2D eigenvalue weighted by atomic mass is 9.96. The van der Waals surface area contributed by atoms with Crippen LogP contribution in [0.3, 0.4) is 0 Å². The van der Waals surface area contributed by atoms with Crippen molar-refractivity contribution in [3.05, 3.63) is 46.4 Å². The molecule has 1 aliphatic rings. The maximum Gasteiger partial charge on any atom is 0.435 e. The number of amides is 1. The molecule has 5 rings (SSSR count). The highest BCUT2D eigenvalue weighted by molar-refractivity contribution is 7.17. The van der Waals surface area contributed by atoms with Gasteiger partial charge in [-0.25, -0.2) is 9.97 Å². The van der Waals surface area contributed by atoms with Crippen molar-refractivity contribution in [2.45, 2.75) is 25.6 Å². The Morgan fingerprint density at radius 3 is 2.69 bits per heavy atom. The van der Waals surface area contributed by atoms with Gasteiger partial charge in [0.25, 0.3) is 5.91 Å². The summed E-state index contributed by atoms with van der Waals surface area (Å²) in [6.45, 7) is 2.29. The lowest BCUT2D eigenvalue weighted by Gasteiger charge is -2.33. The third kappa shape index (κ3) is 3.08. The summed E-state index contributed by atoms with van der Waals surface area (Å²) in [4.78, 5) is 23.5. The number of aromatic nitrogens is 6. The monoisotopic (exact) mass is 461 g/mol. The second-order valence-electron chi connectivity index (χ2n) is 7.66. The summed E-state index contributed by atoms with van der Waals surface area (Å²) in [6, 6.07) is 2.37. The molecule has 1 amide bonds. The van der Waals surface area contributed by atoms with E-state index >= 15 is 0 Å². The number of pyridine rings is 1. The summed E-state index contributed by atoms with van der Waals surface area (Å²) in [5.41, 5.74) is 4.19. The molecule has 0 aliphatic carbocycles. The van der Waals surface area contributed by atoms with E-state index in [1.807, 2.05) is 6.92 Å². The summed E-state index contributed by atoms with van der Waals surface area (Å²) in [5.74, 6) is -0.146. The number of nitrogens with zero attached hydrogens (tertiary/aromatic N) is 7. The van der Waals surface area contributed by atoms with Crippen molar-refractivity contribution in [2.24, 2.45) is 14.1 Å². The molecule has 1 aliphatic heterocycles. The third-order valence-corrected chi connectivity index (χ3v) is 6.63. The largest absolute Gasteiger partial charge is 0.435 e. The number of rotatable bonds is 2. The second kappa shape index (κ2) is 7.12. The van der Waals surface area contributed by atoms with Crippen molar-refractivity contribution in [3.8, 4) is 11.4 Å². The predicted molar refractivity (Wildman–Crippen MR) is 111 cm³/mol. The molecule has 0 saturated carbocycles. The molecule has 0 fully saturated rings. The van der Waals surface area contributed by atoms with Gasteiger partial charge in [-0.3, -0.25) is 14.2 Å². The third-order valence-electron chi connectivity index (χ3n) is 5.78. The molecule has 0 saturated heterocycles. The number of hydrogen-bond donors (Lipinski definition) is 0. The molecule has 0 bridgehead atoms. The van der Waals surface area contributed by atoms with Crippen molar-refractivity contribution in [2.75, 3.05) is 6.54 Å². The molecule has 1 atom stereocenters. The van der Waals surface area contributed by atoms with Crippen LogP contribution >= 0.6 is 11.3 Å². The molecule has 8 nitrogen and oxygen atoms in total. The van der Waals surface area contributed by atoms with Crippen molar-refractivity contribution < 1.29 is 18.0 Å². The number of fused-ring (bicyclic) bond motifs is 2. The predicted octanol–water partition coefficient (Wildman–Crippen LogP) is 3.60. The molecule has 0 aromatic carbocycles. The number of halogens is 3. The zero-order valence-corrected chi connectivity index (χ0v) is 18.2. The highest BCUT2D eigenvalue weighted by Crippen LogP contribution is 2.38. The van der Waals surface area contributed by atoms with Crippen LogP contribution in [0.15, 0.2) is 23.8 Å². The number of aryl methyl sites for hydroxylation is 2. The smallest absolute Gasteiger partial charge is 0.330 e. The van der Waals surface area contributed by atoms with Crippen molar-refractivity contribution in [1.82, 2.24) is 34.4 Å². The van der Waals surface area contributed by atoms with E-state index in [0.717, 1.165) is 16.3 Å². The van der Waals surface area contributed by atoms with Gasteiger partial charge in [0.1, 0.15) is 0 Å². The van der Waals surface area contributed by atoms with E-state index in [-0.39, 0.29) is 11.9 Å². The molecule has 4 aromatic rings. The maximum absolute atomic E-state index is 13.4. The minimum atomic E-state index is -4.53. The molecule has 0 spiro atoms. The van der Waals surface area contributed by atoms with Crippen LogP contribution in [0.4, 0.5) is 13.2 Å². The molecule has 0 N–H and O–H groups in total. The van der Waals surface area contributed by atoms with E-state index in [0.29, 0.717) is 41.3 Å². The van der Waals surface area contributed by atoms with Gasteiger partial charge in [-0.2, -0.15) is 23.4 Å². The van der Waals surface area contributed by atoms with Gasteiger partial charge in [0, 0.05) is 32.4 Å². The fraction of sp³-hybridized carbons (Fsp3) is 0.350. The summed E-state index contributed by atoms with van der Waals surface area (Å²) in [6.07, 6.45) is -2.50. The van der Waals surface area contributed by atoms with Gasteiger partial charge in [0.15, 0.2) is 11.3 Å². The molecule has 32 heavy (non-hydrogen) atoms. The highest BCUT2D eigenvalue weighted by Gasteiger charge is 2.38. The van der Waals surface area contributed by atoms with E-state index in [4.69, 9.17) is 0 Å². The van der Waals surface area contributed by atoms with E-state index in [1.165, 1.54) is 23.1 Å². The number of hydrogen-bond acceptors (Lipinski definition) is 6. The topological polar surface area (TPSA) is 81.7 Å². The van der Waals surface area contributed by atoms with Crippen LogP contribution in [0.5, 0.6) is 0 Å². The summed E-state index contributed by atoms with van der Waals surface area (Å²) >= 11 is 1.36. The minimum absolute atomic E-state index is 0.146. The van der Waals surface area contributed by atoms with E-state index in [1.54, 1.807) is 34.4 Å². The molecule has 0 radical (unpaired) electrons. The number of alkyl halides is 3. The summed E-state index contributed by atoms with van der Waals surface area (Å²) in [7, 11) is 3.17. The van der Waals surface area contributed by atoms with Crippen LogP contribution in [0.25, 0.3) is 21.7 Å². The Balaban J connectivity index is 1.53. The van der Waals surface area contributed by atoms with E-state index in [9.17, 15) is 18.0 Å². The van der Waals surface area contributed by atoms with Crippen LogP contribution in [0.1, 0.15) is 40.3 Å². The van der Waals surface area contributed by atoms with Crippen LogP contribution < -0.4 is 0 Å². The number of thiazole rings is 1. The Morgan fingerprint density at radius 1 is 1.19 bits per heavy atom. The fourth-order valence-corrected chi connectivity index (χ4v) is 5.02. The normalized spacial score (nSPS) is 16.6. The summed E-state index contributed by atoms with van der Waals surface area (Å²) < 4.78 is 43.0.